The molecule has 5 nitrogen and oxygen atoms in total. The highest BCUT2D eigenvalue weighted by Crippen LogP contribution is 2.10. The summed E-state index contributed by atoms with van der Waals surface area (Å²) < 4.78 is 13.8. The average molecular weight is 290 g/mol. The van der Waals surface area contributed by atoms with Crippen LogP contribution in [0.3, 0.4) is 0 Å². The molecular weight excluding hydrogens is 279 g/mol. The summed E-state index contributed by atoms with van der Waals surface area (Å²) in [7, 11) is 0. The topological polar surface area (TPSA) is 80.9 Å². The lowest BCUT2D eigenvalue weighted by Crippen LogP contribution is -2.23. The molecular formula is C13H11FN4OS. The van der Waals surface area contributed by atoms with Crippen LogP contribution in [0.4, 0.5) is 4.39 Å². The number of hydrogen-bond acceptors (Lipinski definition) is 4. The van der Waals surface area contributed by atoms with Crippen molar-refractivity contribution < 1.29 is 9.18 Å². The van der Waals surface area contributed by atoms with Crippen LogP contribution >= 0.6 is 12.2 Å². The molecule has 3 N–H and O–H groups in total. The lowest BCUT2D eigenvalue weighted by Gasteiger charge is -2.07. The van der Waals surface area contributed by atoms with Gasteiger partial charge in [0.2, 0.25) is 0 Å². The van der Waals surface area contributed by atoms with E-state index in [1.54, 1.807) is 6.07 Å². The molecule has 2 rings (SSSR count). The second-order valence-corrected chi connectivity index (χ2v) is 4.42. The van der Waals surface area contributed by atoms with Gasteiger partial charge in [-0.05, 0) is 6.07 Å². The zero-order chi connectivity index (χ0) is 14.5. The fraction of sp³-hybridized carbons (Fsp3) is 0.0769. The molecule has 0 saturated carbocycles. The minimum atomic E-state index is -0.472. The Morgan fingerprint density at radius 3 is 2.60 bits per heavy atom. The standard InChI is InChI=1S/C13H11FN4OS/c14-11-3-8(12(15)20)1-2-9(11)6-18-13(19)10-4-16-7-17-5-10/h1-5,7H,6H2,(H2,15,20)(H,18,19). The lowest BCUT2D eigenvalue weighted by molar-refractivity contribution is 0.0950. The molecule has 0 radical (unpaired) electrons. The van der Waals surface area contributed by atoms with Crippen molar-refractivity contribution in [1.29, 1.82) is 0 Å². The fourth-order valence-electron chi connectivity index (χ4n) is 1.54. The van der Waals surface area contributed by atoms with Crippen LogP contribution in [0.1, 0.15) is 21.5 Å². The molecule has 1 heterocycles. The van der Waals surface area contributed by atoms with Crippen LogP contribution in [-0.2, 0) is 6.54 Å². The van der Waals surface area contributed by atoms with E-state index in [0.717, 1.165) is 0 Å². The number of nitrogens with zero attached hydrogens (tertiary/aromatic N) is 2. The van der Waals surface area contributed by atoms with Gasteiger partial charge in [-0.1, -0.05) is 24.4 Å². The van der Waals surface area contributed by atoms with E-state index in [-0.39, 0.29) is 17.4 Å². The van der Waals surface area contributed by atoms with Gasteiger partial charge >= 0.3 is 0 Å². The minimum Gasteiger partial charge on any atom is -0.389 e. The van der Waals surface area contributed by atoms with Crippen molar-refractivity contribution in [3.63, 3.8) is 0 Å². The van der Waals surface area contributed by atoms with Crippen molar-refractivity contribution in [3.8, 4) is 0 Å². The second-order valence-electron chi connectivity index (χ2n) is 3.98. The molecule has 102 valence electrons. The molecule has 0 fully saturated rings. The third-order valence-electron chi connectivity index (χ3n) is 2.60. The van der Waals surface area contributed by atoms with Gasteiger partial charge in [-0.15, -0.1) is 0 Å². The quantitative estimate of drug-likeness (QED) is 0.826. The van der Waals surface area contributed by atoms with E-state index < -0.39 is 5.82 Å². The first kappa shape index (κ1) is 14.0. The minimum absolute atomic E-state index is 0.0528. The molecule has 20 heavy (non-hydrogen) atoms. The molecule has 0 bridgehead atoms. The third kappa shape index (κ3) is 3.33. The smallest absolute Gasteiger partial charge is 0.254 e. The Bertz CT molecular complexity index is 648. The van der Waals surface area contributed by atoms with E-state index in [4.69, 9.17) is 18.0 Å². The van der Waals surface area contributed by atoms with Crippen LogP contribution in [0.25, 0.3) is 0 Å². The molecule has 7 heteroatoms. The first-order valence-corrected chi connectivity index (χ1v) is 6.10. The third-order valence-corrected chi connectivity index (χ3v) is 2.84. The SMILES string of the molecule is NC(=S)c1ccc(CNC(=O)c2cncnc2)c(F)c1. The molecule has 0 aliphatic rings. The molecule has 1 aromatic heterocycles. The number of carbonyl (C=O) groups excluding carboxylic acids is 1. The van der Waals surface area contributed by atoms with Gasteiger partial charge in [0.15, 0.2) is 0 Å². The molecule has 0 atom stereocenters. The largest absolute Gasteiger partial charge is 0.389 e. The maximum atomic E-state index is 13.8. The molecule has 0 aliphatic heterocycles. The predicted molar refractivity (Wildman–Crippen MR) is 75.5 cm³/mol. The van der Waals surface area contributed by atoms with Crippen molar-refractivity contribution in [2.45, 2.75) is 6.54 Å². The second kappa shape index (κ2) is 6.16. The van der Waals surface area contributed by atoms with Crippen molar-refractivity contribution >= 4 is 23.1 Å². The van der Waals surface area contributed by atoms with Crippen molar-refractivity contribution in [1.82, 2.24) is 15.3 Å². The number of aromatic nitrogens is 2. The summed E-state index contributed by atoms with van der Waals surface area (Å²) in [5, 5.41) is 2.58. The zero-order valence-corrected chi connectivity index (χ0v) is 11.2. The van der Waals surface area contributed by atoms with Crippen molar-refractivity contribution in [2.75, 3.05) is 0 Å². The van der Waals surface area contributed by atoms with Crippen LogP contribution in [0.2, 0.25) is 0 Å². The highest BCUT2D eigenvalue weighted by atomic mass is 32.1. The maximum Gasteiger partial charge on any atom is 0.254 e. The van der Waals surface area contributed by atoms with Gasteiger partial charge in [0, 0.05) is 30.1 Å². The molecule has 2 aromatic rings. The summed E-state index contributed by atoms with van der Waals surface area (Å²) in [6, 6.07) is 4.39. The van der Waals surface area contributed by atoms with E-state index in [1.165, 1.54) is 30.9 Å². The van der Waals surface area contributed by atoms with E-state index in [2.05, 4.69) is 15.3 Å². The number of nitrogens with two attached hydrogens (primary N) is 1. The average Bonchev–Trinajstić information content (AvgIpc) is 2.46. The van der Waals surface area contributed by atoms with E-state index in [9.17, 15) is 9.18 Å². The monoisotopic (exact) mass is 290 g/mol. The van der Waals surface area contributed by atoms with Gasteiger partial charge in [-0.3, -0.25) is 4.79 Å². The Hall–Kier alpha value is -2.41. The Morgan fingerprint density at radius 1 is 1.30 bits per heavy atom. The summed E-state index contributed by atoms with van der Waals surface area (Å²) >= 11 is 4.76. The number of halogens is 1. The molecule has 0 saturated heterocycles. The number of thiocarbonyl (C=S) groups is 1. The van der Waals surface area contributed by atoms with Gasteiger partial charge in [-0.2, -0.15) is 0 Å². The maximum absolute atomic E-state index is 13.8. The zero-order valence-electron chi connectivity index (χ0n) is 10.3. The lowest BCUT2D eigenvalue weighted by atomic mass is 10.1. The number of benzene rings is 1. The molecule has 0 aliphatic carbocycles. The number of hydrogen-bond donors (Lipinski definition) is 2. The van der Waals surface area contributed by atoms with E-state index >= 15 is 0 Å². The summed E-state index contributed by atoms with van der Waals surface area (Å²) in [4.78, 5) is 19.3. The summed E-state index contributed by atoms with van der Waals surface area (Å²) in [6.45, 7) is 0.0528. The summed E-state index contributed by atoms with van der Waals surface area (Å²) in [5.41, 5.74) is 6.52. The normalized spacial score (nSPS) is 10.1. The van der Waals surface area contributed by atoms with E-state index in [0.29, 0.717) is 16.7 Å². The van der Waals surface area contributed by atoms with Gasteiger partial charge in [-0.25, -0.2) is 14.4 Å². The molecule has 0 spiro atoms. The molecule has 1 amide bonds. The van der Waals surface area contributed by atoms with Crippen LogP contribution in [0.5, 0.6) is 0 Å². The Morgan fingerprint density at radius 2 is 2.00 bits per heavy atom. The predicted octanol–water partition coefficient (Wildman–Crippen LogP) is 1.18. The number of amides is 1. The highest BCUT2D eigenvalue weighted by Gasteiger charge is 2.09. The molecule has 0 unspecified atom stereocenters. The highest BCUT2D eigenvalue weighted by molar-refractivity contribution is 7.80. The Labute approximate surface area is 120 Å². The summed E-state index contributed by atoms with van der Waals surface area (Å²) in [6.07, 6.45) is 4.09. The fourth-order valence-corrected chi connectivity index (χ4v) is 1.66. The van der Waals surface area contributed by atoms with Crippen LogP contribution in [0, 0.1) is 5.82 Å². The molecule has 1 aromatic carbocycles. The number of carbonyl (C=O) groups is 1. The first-order chi connectivity index (χ1) is 9.58. The van der Waals surface area contributed by atoms with Crippen LogP contribution < -0.4 is 11.1 Å². The van der Waals surface area contributed by atoms with Crippen LogP contribution in [-0.4, -0.2) is 20.9 Å². The van der Waals surface area contributed by atoms with Gasteiger partial charge in [0.1, 0.15) is 17.1 Å². The Balaban J connectivity index is 2.04. The first-order valence-electron chi connectivity index (χ1n) is 5.69. The van der Waals surface area contributed by atoms with Gasteiger partial charge in [0.05, 0.1) is 5.56 Å². The summed E-state index contributed by atoms with van der Waals surface area (Å²) in [5.74, 6) is -0.844. The van der Waals surface area contributed by atoms with E-state index in [1.807, 2.05) is 0 Å². The van der Waals surface area contributed by atoms with Crippen molar-refractivity contribution in [3.05, 3.63) is 59.4 Å². The van der Waals surface area contributed by atoms with Crippen molar-refractivity contribution in [2.24, 2.45) is 5.73 Å². The number of rotatable bonds is 4. The van der Waals surface area contributed by atoms with Crippen LogP contribution in [0.15, 0.2) is 36.9 Å². The van der Waals surface area contributed by atoms with Gasteiger partial charge in [0.25, 0.3) is 5.91 Å². The van der Waals surface area contributed by atoms with Gasteiger partial charge < -0.3 is 11.1 Å². The number of nitrogens with one attached hydrogen (secondary N) is 1. The Kier molecular flexibility index (Phi) is 4.31.